The fraction of sp³-hybridized carbons (Fsp3) is 0.846. The fourth-order valence-electron chi connectivity index (χ4n) is 2.91. The molecule has 2 heterocycles. The van der Waals surface area contributed by atoms with Crippen molar-refractivity contribution in [3.63, 3.8) is 0 Å². The quantitative estimate of drug-likeness (QED) is 0.853. The Bertz CT molecular complexity index is 409. The summed E-state index contributed by atoms with van der Waals surface area (Å²) in [5.41, 5.74) is 0.0176. The van der Waals surface area contributed by atoms with Crippen LogP contribution in [0, 0.1) is 0 Å². The monoisotopic (exact) mass is 266 g/mol. The van der Waals surface area contributed by atoms with E-state index in [4.69, 9.17) is 4.74 Å². The topological polar surface area (TPSA) is 63.4 Å². The van der Waals surface area contributed by atoms with Gasteiger partial charge in [0, 0.05) is 19.6 Å². The van der Waals surface area contributed by atoms with Crippen LogP contribution in [0.25, 0.3) is 0 Å². The van der Waals surface area contributed by atoms with Gasteiger partial charge in [-0.1, -0.05) is 18.1 Å². The molecule has 106 valence electrons. The molecule has 6 heteroatoms. The number of hydrogen-bond acceptors (Lipinski definition) is 5. The maximum atomic E-state index is 10.5. The molecule has 1 aromatic heterocycles. The van der Waals surface area contributed by atoms with Gasteiger partial charge in [-0.3, -0.25) is 9.58 Å². The van der Waals surface area contributed by atoms with Crippen LogP contribution in [0.2, 0.25) is 0 Å². The molecular weight excluding hydrogens is 244 g/mol. The lowest BCUT2D eigenvalue weighted by molar-refractivity contribution is 0.0358. The number of nitrogens with zero attached hydrogens (tertiary/aromatic N) is 4. The smallest absolute Gasteiger partial charge is 0.114 e. The Morgan fingerprint density at radius 2 is 1.95 bits per heavy atom. The van der Waals surface area contributed by atoms with Crippen LogP contribution in [0.15, 0.2) is 6.20 Å². The third-order valence-corrected chi connectivity index (χ3v) is 4.20. The van der Waals surface area contributed by atoms with E-state index >= 15 is 0 Å². The van der Waals surface area contributed by atoms with E-state index in [1.165, 1.54) is 0 Å². The third kappa shape index (κ3) is 2.96. The Kier molecular flexibility index (Phi) is 3.81. The Morgan fingerprint density at radius 3 is 2.68 bits per heavy atom. The van der Waals surface area contributed by atoms with E-state index in [1.54, 1.807) is 0 Å². The molecular formula is C13H22N4O2. The number of aromatic nitrogens is 3. The minimum atomic E-state index is -0.725. The molecule has 1 aliphatic carbocycles. The SMILES string of the molecule is OC1(c2cn(CCN3CCOCC3)nn2)CCCC1. The summed E-state index contributed by atoms with van der Waals surface area (Å²) in [5, 5.41) is 18.7. The summed E-state index contributed by atoms with van der Waals surface area (Å²) in [5.74, 6) is 0. The zero-order valence-corrected chi connectivity index (χ0v) is 11.3. The van der Waals surface area contributed by atoms with Crippen molar-refractivity contribution in [1.82, 2.24) is 19.9 Å². The second-order valence-electron chi connectivity index (χ2n) is 5.56. The van der Waals surface area contributed by atoms with Gasteiger partial charge in [-0.05, 0) is 12.8 Å². The number of aliphatic hydroxyl groups is 1. The first-order valence-corrected chi connectivity index (χ1v) is 7.19. The van der Waals surface area contributed by atoms with Gasteiger partial charge in [0.25, 0.3) is 0 Å². The second kappa shape index (κ2) is 5.56. The van der Waals surface area contributed by atoms with Crippen LogP contribution in [0.1, 0.15) is 31.4 Å². The summed E-state index contributed by atoms with van der Waals surface area (Å²) < 4.78 is 7.18. The van der Waals surface area contributed by atoms with E-state index in [-0.39, 0.29) is 0 Å². The average Bonchev–Trinajstić information content (AvgIpc) is 3.07. The van der Waals surface area contributed by atoms with Crippen molar-refractivity contribution in [2.75, 3.05) is 32.8 Å². The number of hydrogen-bond donors (Lipinski definition) is 1. The van der Waals surface area contributed by atoms with Gasteiger partial charge in [-0.25, -0.2) is 0 Å². The van der Waals surface area contributed by atoms with Crippen LogP contribution in [-0.4, -0.2) is 57.8 Å². The van der Waals surface area contributed by atoms with Crippen LogP contribution < -0.4 is 0 Å². The minimum absolute atomic E-state index is 0.725. The van der Waals surface area contributed by atoms with Crippen LogP contribution >= 0.6 is 0 Å². The van der Waals surface area contributed by atoms with E-state index in [9.17, 15) is 5.11 Å². The highest BCUT2D eigenvalue weighted by atomic mass is 16.5. The van der Waals surface area contributed by atoms with Crippen molar-refractivity contribution >= 4 is 0 Å². The Labute approximate surface area is 113 Å². The van der Waals surface area contributed by atoms with Crippen molar-refractivity contribution in [2.24, 2.45) is 0 Å². The molecule has 0 spiro atoms. The Morgan fingerprint density at radius 1 is 1.21 bits per heavy atom. The highest BCUT2D eigenvalue weighted by Crippen LogP contribution is 2.37. The van der Waals surface area contributed by atoms with E-state index < -0.39 is 5.60 Å². The molecule has 0 radical (unpaired) electrons. The molecule has 1 saturated carbocycles. The van der Waals surface area contributed by atoms with Crippen LogP contribution in [-0.2, 0) is 16.9 Å². The Hall–Kier alpha value is -0.980. The molecule has 0 amide bonds. The van der Waals surface area contributed by atoms with Gasteiger partial charge < -0.3 is 9.84 Å². The van der Waals surface area contributed by atoms with E-state index in [0.717, 1.165) is 70.8 Å². The van der Waals surface area contributed by atoms with Crippen molar-refractivity contribution in [1.29, 1.82) is 0 Å². The summed E-state index contributed by atoms with van der Waals surface area (Å²) >= 11 is 0. The van der Waals surface area contributed by atoms with Crippen molar-refractivity contribution in [3.8, 4) is 0 Å². The molecule has 0 unspecified atom stereocenters. The molecule has 1 aromatic rings. The van der Waals surface area contributed by atoms with Gasteiger partial charge in [-0.2, -0.15) is 0 Å². The molecule has 1 saturated heterocycles. The van der Waals surface area contributed by atoms with Gasteiger partial charge >= 0.3 is 0 Å². The fourth-order valence-corrected chi connectivity index (χ4v) is 2.91. The zero-order chi connectivity index (χ0) is 13.1. The van der Waals surface area contributed by atoms with E-state index in [1.807, 2.05) is 10.9 Å². The zero-order valence-electron chi connectivity index (χ0n) is 11.3. The van der Waals surface area contributed by atoms with Crippen molar-refractivity contribution < 1.29 is 9.84 Å². The van der Waals surface area contributed by atoms with Crippen LogP contribution in [0.4, 0.5) is 0 Å². The molecule has 1 aliphatic heterocycles. The molecule has 6 nitrogen and oxygen atoms in total. The summed E-state index contributed by atoms with van der Waals surface area (Å²) in [4.78, 5) is 2.37. The predicted molar refractivity (Wildman–Crippen MR) is 69.6 cm³/mol. The standard InChI is InChI=1S/C13H22N4O2/c18-13(3-1-2-4-13)12-11-17(15-14-12)6-5-16-7-9-19-10-8-16/h11,18H,1-10H2. The predicted octanol–water partition coefficient (Wildman–Crippen LogP) is 0.372. The lowest BCUT2D eigenvalue weighted by Crippen LogP contribution is -2.38. The summed E-state index contributed by atoms with van der Waals surface area (Å²) in [6, 6.07) is 0. The van der Waals surface area contributed by atoms with Crippen LogP contribution in [0.3, 0.4) is 0 Å². The van der Waals surface area contributed by atoms with Crippen molar-refractivity contribution in [3.05, 3.63) is 11.9 Å². The number of ether oxygens (including phenoxy) is 1. The van der Waals surface area contributed by atoms with Gasteiger partial charge in [-0.15, -0.1) is 5.10 Å². The van der Waals surface area contributed by atoms with Crippen molar-refractivity contribution in [2.45, 2.75) is 37.8 Å². The molecule has 0 atom stereocenters. The van der Waals surface area contributed by atoms with Crippen LogP contribution in [0.5, 0.6) is 0 Å². The molecule has 1 N–H and O–H groups in total. The second-order valence-corrected chi connectivity index (χ2v) is 5.56. The maximum Gasteiger partial charge on any atom is 0.114 e. The van der Waals surface area contributed by atoms with E-state index in [2.05, 4.69) is 15.2 Å². The molecule has 0 bridgehead atoms. The lowest BCUT2D eigenvalue weighted by atomic mass is 9.99. The third-order valence-electron chi connectivity index (χ3n) is 4.20. The lowest BCUT2D eigenvalue weighted by Gasteiger charge is -2.26. The summed E-state index contributed by atoms with van der Waals surface area (Å²) in [6.45, 7) is 5.41. The summed E-state index contributed by atoms with van der Waals surface area (Å²) in [6.07, 6.45) is 5.70. The largest absolute Gasteiger partial charge is 0.383 e. The first-order valence-electron chi connectivity index (χ1n) is 7.19. The number of rotatable bonds is 4. The van der Waals surface area contributed by atoms with Gasteiger partial charge in [0.05, 0.1) is 26.0 Å². The average molecular weight is 266 g/mol. The molecule has 0 aromatic carbocycles. The minimum Gasteiger partial charge on any atom is -0.383 e. The van der Waals surface area contributed by atoms with Gasteiger partial charge in [0.15, 0.2) is 0 Å². The van der Waals surface area contributed by atoms with E-state index in [0.29, 0.717) is 0 Å². The molecule has 3 rings (SSSR count). The highest BCUT2D eigenvalue weighted by Gasteiger charge is 2.35. The molecule has 2 aliphatic rings. The van der Waals surface area contributed by atoms with Gasteiger partial charge in [0.2, 0.25) is 0 Å². The normalized spacial score (nSPS) is 23.8. The molecule has 2 fully saturated rings. The first kappa shape index (κ1) is 13.0. The maximum absolute atomic E-state index is 10.5. The molecule has 19 heavy (non-hydrogen) atoms. The highest BCUT2D eigenvalue weighted by molar-refractivity contribution is 5.08. The van der Waals surface area contributed by atoms with Gasteiger partial charge in [0.1, 0.15) is 11.3 Å². The Balaban J connectivity index is 1.55. The number of morpholine rings is 1. The summed E-state index contributed by atoms with van der Waals surface area (Å²) in [7, 11) is 0. The first-order chi connectivity index (χ1) is 9.26.